The third-order valence-electron chi connectivity index (χ3n) is 3.47. The smallest absolute Gasteiger partial charge is 0.240 e. The van der Waals surface area contributed by atoms with Gasteiger partial charge in [-0.3, -0.25) is 4.79 Å². The van der Waals surface area contributed by atoms with Gasteiger partial charge in [-0.25, -0.2) is 0 Å². The van der Waals surface area contributed by atoms with Gasteiger partial charge in [0.1, 0.15) is 6.54 Å². The lowest BCUT2D eigenvalue weighted by Gasteiger charge is -2.24. The number of anilines is 1. The van der Waals surface area contributed by atoms with Crippen molar-refractivity contribution in [2.45, 2.75) is 39.3 Å². The molecule has 0 atom stereocenters. The molecule has 0 radical (unpaired) electrons. The van der Waals surface area contributed by atoms with Crippen LogP contribution in [0.2, 0.25) is 0 Å². The van der Waals surface area contributed by atoms with Gasteiger partial charge in [0.2, 0.25) is 5.91 Å². The zero-order chi connectivity index (χ0) is 14.0. The molecule has 1 aromatic carbocycles. The van der Waals surface area contributed by atoms with E-state index in [2.05, 4.69) is 12.2 Å². The standard InChI is InChI=1S/C15H21N3O/c1-4-15(2,3)17-14(19)10-18-8-7-11-9-12(16)5-6-13(11)18/h5-9H,4,10,16H2,1-3H3,(H,17,19). The summed E-state index contributed by atoms with van der Waals surface area (Å²) >= 11 is 0. The van der Waals surface area contributed by atoms with Gasteiger partial charge in [0.25, 0.3) is 0 Å². The number of nitrogens with two attached hydrogens (primary N) is 1. The first kappa shape index (κ1) is 13.5. The maximum atomic E-state index is 12.0. The van der Waals surface area contributed by atoms with Gasteiger partial charge < -0.3 is 15.6 Å². The van der Waals surface area contributed by atoms with Crippen LogP contribution in [0.4, 0.5) is 5.69 Å². The first-order valence-electron chi connectivity index (χ1n) is 6.57. The number of benzene rings is 1. The van der Waals surface area contributed by atoms with Crippen LogP contribution in [0.5, 0.6) is 0 Å². The van der Waals surface area contributed by atoms with Crippen molar-refractivity contribution >= 4 is 22.5 Å². The molecule has 0 saturated carbocycles. The van der Waals surface area contributed by atoms with Crippen molar-refractivity contribution in [2.75, 3.05) is 5.73 Å². The molecule has 0 unspecified atom stereocenters. The van der Waals surface area contributed by atoms with E-state index in [1.165, 1.54) is 0 Å². The second-order valence-corrected chi connectivity index (χ2v) is 5.55. The average molecular weight is 259 g/mol. The Morgan fingerprint density at radius 2 is 2.11 bits per heavy atom. The van der Waals surface area contributed by atoms with Crippen molar-refractivity contribution in [1.82, 2.24) is 9.88 Å². The molecule has 4 heteroatoms. The van der Waals surface area contributed by atoms with E-state index in [4.69, 9.17) is 5.73 Å². The quantitative estimate of drug-likeness (QED) is 0.829. The Kier molecular flexibility index (Phi) is 3.51. The van der Waals surface area contributed by atoms with Crippen LogP contribution in [0.15, 0.2) is 30.5 Å². The number of nitrogen functional groups attached to an aromatic ring is 1. The average Bonchev–Trinajstić information content (AvgIpc) is 2.71. The van der Waals surface area contributed by atoms with Gasteiger partial charge in [-0.05, 0) is 44.5 Å². The Bertz CT molecular complexity index is 598. The summed E-state index contributed by atoms with van der Waals surface area (Å²) in [4.78, 5) is 12.0. The van der Waals surface area contributed by atoms with Gasteiger partial charge >= 0.3 is 0 Å². The Balaban J connectivity index is 2.16. The molecule has 0 saturated heterocycles. The highest BCUT2D eigenvalue weighted by molar-refractivity contribution is 5.85. The summed E-state index contributed by atoms with van der Waals surface area (Å²) in [5, 5.41) is 4.09. The minimum absolute atomic E-state index is 0.0289. The molecule has 3 N–H and O–H groups in total. The molecule has 4 nitrogen and oxygen atoms in total. The molecule has 0 fully saturated rings. The maximum Gasteiger partial charge on any atom is 0.240 e. The van der Waals surface area contributed by atoms with E-state index in [1.54, 1.807) is 0 Å². The zero-order valence-corrected chi connectivity index (χ0v) is 11.7. The van der Waals surface area contributed by atoms with Crippen molar-refractivity contribution in [1.29, 1.82) is 0 Å². The number of fused-ring (bicyclic) bond motifs is 1. The van der Waals surface area contributed by atoms with E-state index in [1.807, 2.05) is 48.9 Å². The summed E-state index contributed by atoms with van der Waals surface area (Å²) < 4.78 is 1.94. The van der Waals surface area contributed by atoms with Crippen LogP contribution in [-0.4, -0.2) is 16.0 Å². The summed E-state index contributed by atoms with van der Waals surface area (Å²) in [6.07, 6.45) is 2.82. The minimum atomic E-state index is -0.162. The number of amides is 1. The maximum absolute atomic E-state index is 12.0. The minimum Gasteiger partial charge on any atom is -0.399 e. The van der Waals surface area contributed by atoms with Crippen LogP contribution in [0.1, 0.15) is 27.2 Å². The van der Waals surface area contributed by atoms with Crippen molar-refractivity contribution in [3.63, 3.8) is 0 Å². The molecule has 19 heavy (non-hydrogen) atoms. The Labute approximate surface area is 113 Å². The highest BCUT2D eigenvalue weighted by Crippen LogP contribution is 2.18. The van der Waals surface area contributed by atoms with Crippen molar-refractivity contribution in [3.8, 4) is 0 Å². The molecule has 0 aliphatic carbocycles. The number of nitrogens with one attached hydrogen (secondary N) is 1. The molecule has 1 amide bonds. The molecule has 0 bridgehead atoms. The lowest BCUT2D eigenvalue weighted by atomic mass is 10.0. The second-order valence-electron chi connectivity index (χ2n) is 5.55. The van der Waals surface area contributed by atoms with Gasteiger partial charge in [0, 0.05) is 28.3 Å². The fourth-order valence-electron chi connectivity index (χ4n) is 2.02. The fraction of sp³-hybridized carbons (Fsp3) is 0.400. The molecule has 1 aromatic heterocycles. The van der Waals surface area contributed by atoms with E-state index < -0.39 is 0 Å². The number of rotatable bonds is 4. The monoisotopic (exact) mass is 259 g/mol. The largest absolute Gasteiger partial charge is 0.399 e. The molecule has 2 aromatic rings. The van der Waals surface area contributed by atoms with Crippen molar-refractivity contribution in [3.05, 3.63) is 30.5 Å². The first-order valence-corrected chi connectivity index (χ1v) is 6.57. The second kappa shape index (κ2) is 4.96. The summed E-state index contributed by atoms with van der Waals surface area (Å²) in [7, 11) is 0. The number of carbonyl (C=O) groups is 1. The first-order chi connectivity index (χ1) is 8.91. The fourth-order valence-corrected chi connectivity index (χ4v) is 2.02. The molecule has 1 heterocycles. The van der Waals surface area contributed by atoms with Gasteiger partial charge in [0.15, 0.2) is 0 Å². The van der Waals surface area contributed by atoms with E-state index in [0.29, 0.717) is 6.54 Å². The van der Waals surface area contributed by atoms with Crippen LogP contribution < -0.4 is 11.1 Å². The van der Waals surface area contributed by atoms with E-state index in [9.17, 15) is 4.79 Å². The molecular formula is C15H21N3O. The lowest BCUT2D eigenvalue weighted by Crippen LogP contribution is -2.44. The van der Waals surface area contributed by atoms with E-state index in [0.717, 1.165) is 23.0 Å². The number of hydrogen-bond donors (Lipinski definition) is 2. The molecule has 102 valence electrons. The van der Waals surface area contributed by atoms with Crippen LogP contribution >= 0.6 is 0 Å². The van der Waals surface area contributed by atoms with Gasteiger partial charge in [-0.15, -0.1) is 0 Å². The van der Waals surface area contributed by atoms with Crippen LogP contribution in [0.25, 0.3) is 10.9 Å². The summed E-state index contributed by atoms with van der Waals surface area (Å²) in [6.45, 7) is 6.45. The molecular weight excluding hydrogens is 238 g/mol. The van der Waals surface area contributed by atoms with Crippen LogP contribution in [0.3, 0.4) is 0 Å². The Hall–Kier alpha value is -1.97. The van der Waals surface area contributed by atoms with Crippen molar-refractivity contribution < 1.29 is 4.79 Å². The molecule has 0 aliphatic rings. The predicted octanol–water partition coefficient (Wildman–Crippen LogP) is 2.53. The predicted molar refractivity (Wildman–Crippen MR) is 78.9 cm³/mol. The highest BCUT2D eigenvalue weighted by atomic mass is 16.2. The SMILES string of the molecule is CCC(C)(C)NC(=O)Cn1ccc2cc(N)ccc21. The van der Waals surface area contributed by atoms with Gasteiger partial charge in [-0.1, -0.05) is 6.92 Å². The number of nitrogens with zero attached hydrogens (tertiary/aromatic N) is 1. The molecule has 2 rings (SSSR count). The summed E-state index contributed by atoms with van der Waals surface area (Å²) in [6, 6.07) is 7.69. The molecule has 0 spiro atoms. The lowest BCUT2D eigenvalue weighted by molar-refractivity contribution is -0.123. The topological polar surface area (TPSA) is 60.0 Å². The summed E-state index contributed by atoms with van der Waals surface area (Å²) in [5.74, 6) is 0.0289. The van der Waals surface area contributed by atoms with Crippen LogP contribution in [0, 0.1) is 0 Å². The van der Waals surface area contributed by atoms with Crippen molar-refractivity contribution in [2.24, 2.45) is 0 Å². The van der Waals surface area contributed by atoms with Gasteiger partial charge in [-0.2, -0.15) is 0 Å². The number of carbonyl (C=O) groups excluding carboxylic acids is 1. The van der Waals surface area contributed by atoms with Gasteiger partial charge in [0.05, 0.1) is 0 Å². The summed E-state index contributed by atoms with van der Waals surface area (Å²) in [5.41, 5.74) is 7.35. The van der Waals surface area contributed by atoms with E-state index >= 15 is 0 Å². The highest BCUT2D eigenvalue weighted by Gasteiger charge is 2.18. The third kappa shape index (κ3) is 3.08. The zero-order valence-electron chi connectivity index (χ0n) is 11.7. The van der Waals surface area contributed by atoms with E-state index in [-0.39, 0.29) is 11.4 Å². The number of aromatic nitrogens is 1. The number of hydrogen-bond acceptors (Lipinski definition) is 2. The normalized spacial score (nSPS) is 11.7. The molecule has 0 aliphatic heterocycles. The third-order valence-corrected chi connectivity index (χ3v) is 3.47. The Morgan fingerprint density at radius 1 is 1.37 bits per heavy atom. The van der Waals surface area contributed by atoms with Crippen LogP contribution in [-0.2, 0) is 11.3 Å². The Morgan fingerprint density at radius 3 is 2.79 bits per heavy atom.